The maximum absolute atomic E-state index is 11.6. The molecule has 1 N–H and O–H groups in total. The maximum Gasteiger partial charge on any atom is 0.264 e. The molecule has 1 aromatic rings. The van der Waals surface area contributed by atoms with Crippen molar-refractivity contribution in [3.8, 4) is 11.8 Å². The Morgan fingerprint density at radius 1 is 1.43 bits per heavy atom. The molecule has 23 heavy (non-hydrogen) atoms. The lowest BCUT2D eigenvalue weighted by atomic mass is 9.86. The summed E-state index contributed by atoms with van der Waals surface area (Å²) >= 11 is 0. The van der Waals surface area contributed by atoms with Gasteiger partial charge in [0.25, 0.3) is 10.1 Å². The molecule has 0 spiro atoms. The van der Waals surface area contributed by atoms with Crippen LogP contribution in [0.15, 0.2) is 18.2 Å². The van der Waals surface area contributed by atoms with Gasteiger partial charge in [0.05, 0.1) is 23.9 Å². The first kappa shape index (κ1) is 17.2. The Hall–Kier alpha value is -2.11. The van der Waals surface area contributed by atoms with Gasteiger partial charge in [-0.1, -0.05) is 0 Å². The molecule has 0 fully saturated rings. The Morgan fingerprint density at radius 2 is 2.09 bits per heavy atom. The molecule has 0 bridgehead atoms. The van der Waals surface area contributed by atoms with Gasteiger partial charge in [0.1, 0.15) is 17.5 Å². The molecular weight excluding hydrogens is 320 g/mol. The molecule has 1 aliphatic heterocycles. The summed E-state index contributed by atoms with van der Waals surface area (Å²) in [4.78, 5) is 11.6. The number of nitrogens with one attached hydrogen (secondary N) is 1. The van der Waals surface area contributed by atoms with E-state index in [0.717, 1.165) is 6.26 Å². The van der Waals surface area contributed by atoms with Crippen molar-refractivity contribution in [1.29, 1.82) is 5.26 Å². The first-order valence-electron chi connectivity index (χ1n) is 6.92. The number of hydrogen-bond acceptors (Lipinski definition) is 6. The summed E-state index contributed by atoms with van der Waals surface area (Å²) in [5, 5.41) is 11.8. The van der Waals surface area contributed by atoms with E-state index < -0.39 is 27.9 Å². The van der Waals surface area contributed by atoms with E-state index >= 15 is 0 Å². The molecule has 1 heterocycles. The van der Waals surface area contributed by atoms with Crippen LogP contribution in [0.25, 0.3) is 0 Å². The van der Waals surface area contributed by atoms with Crippen LogP contribution in [0, 0.1) is 11.3 Å². The number of fused-ring (bicyclic) bond motifs is 1. The molecule has 1 aromatic carbocycles. The van der Waals surface area contributed by atoms with Gasteiger partial charge >= 0.3 is 0 Å². The molecule has 1 amide bonds. The SMILES string of the molecule is CC(=O)N[C@@H]1c2cc(C#N)ccc2OC(C)(C)[C@H]1OS(C)(=O)=O. The highest BCUT2D eigenvalue weighted by molar-refractivity contribution is 7.86. The topological polar surface area (TPSA) is 105 Å². The molecule has 2 rings (SSSR count). The van der Waals surface area contributed by atoms with E-state index in [-0.39, 0.29) is 5.91 Å². The highest BCUT2D eigenvalue weighted by Gasteiger charge is 2.47. The smallest absolute Gasteiger partial charge is 0.264 e. The molecule has 124 valence electrons. The maximum atomic E-state index is 11.6. The van der Waals surface area contributed by atoms with E-state index in [9.17, 15) is 13.2 Å². The van der Waals surface area contributed by atoms with Crippen molar-refractivity contribution in [3.63, 3.8) is 0 Å². The zero-order valence-corrected chi connectivity index (χ0v) is 14.1. The lowest BCUT2D eigenvalue weighted by Gasteiger charge is -2.43. The third-order valence-corrected chi connectivity index (χ3v) is 4.03. The highest BCUT2D eigenvalue weighted by Crippen LogP contribution is 2.42. The number of ether oxygens (including phenoxy) is 1. The lowest BCUT2D eigenvalue weighted by Crippen LogP contribution is -2.55. The molecule has 0 aliphatic carbocycles. The summed E-state index contributed by atoms with van der Waals surface area (Å²) in [6, 6.07) is 6.03. The van der Waals surface area contributed by atoms with Crippen molar-refractivity contribution in [3.05, 3.63) is 29.3 Å². The van der Waals surface area contributed by atoms with Crippen LogP contribution in [0.2, 0.25) is 0 Å². The van der Waals surface area contributed by atoms with E-state index in [4.69, 9.17) is 14.2 Å². The fraction of sp³-hybridized carbons (Fsp3) is 0.467. The van der Waals surface area contributed by atoms with Crippen molar-refractivity contribution >= 4 is 16.0 Å². The molecule has 7 nitrogen and oxygen atoms in total. The van der Waals surface area contributed by atoms with Crippen LogP contribution in [0.1, 0.15) is 37.9 Å². The highest BCUT2D eigenvalue weighted by atomic mass is 32.2. The summed E-state index contributed by atoms with van der Waals surface area (Å²) in [5.74, 6) is 0.129. The molecule has 2 atom stereocenters. The van der Waals surface area contributed by atoms with Gasteiger partial charge in [0.15, 0.2) is 0 Å². The number of amides is 1. The fourth-order valence-corrected chi connectivity index (χ4v) is 3.31. The molecule has 8 heteroatoms. The Morgan fingerprint density at radius 3 is 2.61 bits per heavy atom. The van der Waals surface area contributed by atoms with Gasteiger partial charge in [0, 0.05) is 12.5 Å². The Labute approximate surface area is 135 Å². The quantitative estimate of drug-likeness (QED) is 0.832. The van der Waals surface area contributed by atoms with Gasteiger partial charge in [-0.2, -0.15) is 13.7 Å². The molecule has 0 saturated carbocycles. The van der Waals surface area contributed by atoms with Crippen molar-refractivity contribution < 1.29 is 22.1 Å². The average molecular weight is 338 g/mol. The number of rotatable bonds is 3. The van der Waals surface area contributed by atoms with Crippen LogP contribution in [0.5, 0.6) is 5.75 Å². The van der Waals surface area contributed by atoms with Crippen LogP contribution in [-0.4, -0.2) is 32.3 Å². The number of nitrogens with zero attached hydrogens (tertiary/aromatic N) is 1. The molecule has 0 radical (unpaired) electrons. The third-order valence-electron chi connectivity index (χ3n) is 3.47. The number of carbonyl (C=O) groups excluding carboxylic acids is 1. The fourth-order valence-electron chi connectivity index (χ4n) is 2.59. The second-order valence-corrected chi connectivity index (χ2v) is 7.57. The van der Waals surface area contributed by atoms with Gasteiger partial charge < -0.3 is 10.1 Å². The summed E-state index contributed by atoms with van der Waals surface area (Å²) in [5.41, 5.74) is -0.120. The molecule has 1 aliphatic rings. The normalized spacial score (nSPS) is 22.4. The van der Waals surface area contributed by atoms with Crippen molar-refractivity contribution in [2.45, 2.75) is 38.5 Å². The minimum absolute atomic E-state index is 0.344. The summed E-state index contributed by atoms with van der Waals surface area (Å²) in [6.45, 7) is 4.69. The zero-order chi connectivity index (χ0) is 17.4. The Balaban J connectivity index is 2.59. The van der Waals surface area contributed by atoms with E-state index in [1.54, 1.807) is 32.0 Å². The first-order chi connectivity index (χ1) is 10.5. The molecular formula is C15H18N2O5S. The molecule has 0 saturated heterocycles. The van der Waals surface area contributed by atoms with Crippen molar-refractivity contribution in [2.75, 3.05) is 6.26 Å². The second kappa shape index (κ2) is 5.83. The number of carbonyl (C=O) groups is 1. The van der Waals surface area contributed by atoms with Crippen LogP contribution < -0.4 is 10.1 Å². The standard InChI is InChI=1S/C15H18N2O5S/c1-9(18)17-13-11-7-10(8-16)5-6-12(11)21-15(2,3)14(13)22-23(4,19)20/h5-7,13-14H,1-4H3,(H,17,18)/t13-,14+/m1/s1. The van der Waals surface area contributed by atoms with Crippen molar-refractivity contribution in [1.82, 2.24) is 5.32 Å². The van der Waals surface area contributed by atoms with E-state index in [1.807, 2.05) is 6.07 Å². The van der Waals surface area contributed by atoms with Gasteiger partial charge in [0.2, 0.25) is 5.91 Å². The summed E-state index contributed by atoms with van der Waals surface area (Å²) < 4.78 is 34.2. The lowest BCUT2D eigenvalue weighted by molar-refractivity contribution is -0.122. The van der Waals surface area contributed by atoms with Crippen LogP contribution in [-0.2, 0) is 19.1 Å². The van der Waals surface area contributed by atoms with E-state index in [0.29, 0.717) is 16.9 Å². The van der Waals surface area contributed by atoms with Crippen LogP contribution >= 0.6 is 0 Å². The van der Waals surface area contributed by atoms with Gasteiger partial charge in [-0.25, -0.2) is 0 Å². The predicted molar refractivity (Wildman–Crippen MR) is 82.1 cm³/mol. The van der Waals surface area contributed by atoms with Crippen LogP contribution in [0.3, 0.4) is 0 Å². The van der Waals surface area contributed by atoms with Gasteiger partial charge in [-0.05, 0) is 32.0 Å². The number of hydrogen-bond donors (Lipinski definition) is 1. The van der Waals surface area contributed by atoms with E-state index in [1.165, 1.54) is 6.92 Å². The summed E-state index contributed by atoms with van der Waals surface area (Å²) in [6.07, 6.45) is -0.0300. The number of nitriles is 1. The summed E-state index contributed by atoms with van der Waals surface area (Å²) in [7, 11) is -3.78. The minimum atomic E-state index is -3.78. The number of benzene rings is 1. The molecule has 0 aromatic heterocycles. The third kappa shape index (κ3) is 3.81. The molecule has 0 unspecified atom stereocenters. The predicted octanol–water partition coefficient (Wildman–Crippen LogP) is 1.25. The zero-order valence-electron chi connectivity index (χ0n) is 13.3. The average Bonchev–Trinajstić information content (AvgIpc) is 2.40. The van der Waals surface area contributed by atoms with E-state index in [2.05, 4.69) is 5.32 Å². The minimum Gasteiger partial charge on any atom is -0.485 e. The Kier molecular flexibility index (Phi) is 4.37. The Bertz CT molecular complexity index is 780. The van der Waals surface area contributed by atoms with Crippen molar-refractivity contribution in [2.24, 2.45) is 0 Å². The monoisotopic (exact) mass is 338 g/mol. The van der Waals surface area contributed by atoms with Gasteiger partial charge in [-0.15, -0.1) is 0 Å². The largest absolute Gasteiger partial charge is 0.485 e. The first-order valence-corrected chi connectivity index (χ1v) is 8.73. The van der Waals surface area contributed by atoms with Crippen LogP contribution in [0.4, 0.5) is 0 Å². The second-order valence-electron chi connectivity index (χ2n) is 5.97. The van der Waals surface area contributed by atoms with Gasteiger partial charge in [-0.3, -0.25) is 8.98 Å².